The number of rotatable bonds is 3. The fourth-order valence-corrected chi connectivity index (χ4v) is 2.94. The van der Waals surface area contributed by atoms with Crippen molar-refractivity contribution >= 4 is 23.3 Å². The number of hydrogen-bond donors (Lipinski definition) is 2. The fourth-order valence-electron chi connectivity index (χ4n) is 2.94. The smallest absolute Gasteiger partial charge is 0.326 e. The Labute approximate surface area is 141 Å². The molecular formula is C19H21N3O2. The number of anilines is 2. The van der Waals surface area contributed by atoms with Crippen LogP contribution in [0.2, 0.25) is 0 Å². The minimum absolute atomic E-state index is 0.0878. The molecule has 0 radical (unpaired) electrons. The first-order chi connectivity index (χ1) is 11.6. The first-order valence-corrected chi connectivity index (χ1v) is 8.15. The summed E-state index contributed by atoms with van der Waals surface area (Å²) in [6, 6.07) is 13.0. The van der Waals surface area contributed by atoms with Crippen LogP contribution in [0.1, 0.15) is 28.4 Å². The molecule has 124 valence electrons. The van der Waals surface area contributed by atoms with Crippen molar-refractivity contribution in [3.05, 3.63) is 59.2 Å². The van der Waals surface area contributed by atoms with Gasteiger partial charge >= 0.3 is 6.03 Å². The maximum absolute atomic E-state index is 12.6. The number of nitrogens with one attached hydrogen (secondary N) is 2. The van der Waals surface area contributed by atoms with Crippen molar-refractivity contribution in [2.75, 3.05) is 23.3 Å². The first-order valence-electron chi connectivity index (χ1n) is 8.15. The minimum Gasteiger partial charge on any atom is -0.352 e. The van der Waals surface area contributed by atoms with Crippen molar-refractivity contribution in [2.24, 2.45) is 0 Å². The van der Waals surface area contributed by atoms with Gasteiger partial charge in [-0.15, -0.1) is 0 Å². The second-order valence-electron chi connectivity index (χ2n) is 5.86. The fraction of sp³-hybridized carbons (Fsp3) is 0.263. The van der Waals surface area contributed by atoms with Gasteiger partial charge < -0.3 is 10.6 Å². The normalized spacial score (nSPS) is 12.7. The Balaban J connectivity index is 1.81. The Kier molecular flexibility index (Phi) is 4.51. The molecular weight excluding hydrogens is 302 g/mol. The van der Waals surface area contributed by atoms with Gasteiger partial charge in [0.25, 0.3) is 5.91 Å². The molecule has 0 aromatic heterocycles. The molecule has 2 aromatic rings. The van der Waals surface area contributed by atoms with Gasteiger partial charge in [0, 0.05) is 30.0 Å². The summed E-state index contributed by atoms with van der Waals surface area (Å²) < 4.78 is 0. The van der Waals surface area contributed by atoms with Gasteiger partial charge in [0.05, 0.1) is 0 Å². The highest BCUT2D eigenvalue weighted by Crippen LogP contribution is 2.31. The zero-order valence-corrected chi connectivity index (χ0v) is 13.9. The van der Waals surface area contributed by atoms with Crippen LogP contribution in [0.5, 0.6) is 0 Å². The summed E-state index contributed by atoms with van der Waals surface area (Å²) in [5, 5.41) is 5.73. The number of hydrogen-bond acceptors (Lipinski definition) is 2. The summed E-state index contributed by atoms with van der Waals surface area (Å²) in [7, 11) is 0. The van der Waals surface area contributed by atoms with Crippen LogP contribution in [0.4, 0.5) is 16.2 Å². The average molecular weight is 323 g/mol. The highest BCUT2D eigenvalue weighted by molar-refractivity contribution is 6.05. The van der Waals surface area contributed by atoms with Crippen LogP contribution in [-0.4, -0.2) is 25.0 Å². The topological polar surface area (TPSA) is 61.4 Å². The third-order valence-electron chi connectivity index (χ3n) is 4.16. The van der Waals surface area contributed by atoms with Crippen LogP contribution in [0.3, 0.4) is 0 Å². The predicted octanol–water partition coefficient (Wildman–Crippen LogP) is 3.34. The molecule has 0 aliphatic carbocycles. The van der Waals surface area contributed by atoms with E-state index in [9.17, 15) is 9.59 Å². The average Bonchev–Trinajstić information content (AvgIpc) is 3.01. The number of amides is 3. The Hall–Kier alpha value is -2.82. The third kappa shape index (κ3) is 3.11. The standard InChI is InChI=1S/C19H21N3O2/c1-3-20-18(23)16-5-4-6-17-15(16)11-12-22(17)19(24)21-14-9-7-13(2)8-10-14/h4-10H,3,11-12H2,1-2H3,(H,20,23)(H,21,24). The van der Waals surface area contributed by atoms with Gasteiger partial charge in [0.1, 0.15) is 0 Å². The molecule has 5 nitrogen and oxygen atoms in total. The van der Waals surface area contributed by atoms with E-state index in [4.69, 9.17) is 0 Å². The number of fused-ring (bicyclic) bond motifs is 1. The molecule has 1 aliphatic rings. The van der Waals surface area contributed by atoms with Crippen LogP contribution < -0.4 is 15.5 Å². The van der Waals surface area contributed by atoms with Gasteiger partial charge in [0.15, 0.2) is 0 Å². The van der Waals surface area contributed by atoms with Gasteiger partial charge in [-0.3, -0.25) is 9.69 Å². The third-order valence-corrected chi connectivity index (χ3v) is 4.16. The molecule has 2 N–H and O–H groups in total. The maximum Gasteiger partial charge on any atom is 0.326 e. The molecule has 5 heteroatoms. The number of benzene rings is 2. The monoisotopic (exact) mass is 323 g/mol. The van der Waals surface area contributed by atoms with Crippen LogP contribution >= 0.6 is 0 Å². The number of aryl methyl sites for hydroxylation is 1. The minimum atomic E-state index is -0.175. The number of carbonyl (C=O) groups is 2. The molecule has 0 unspecified atom stereocenters. The second kappa shape index (κ2) is 6.74. The van der Waals surface area contributed by atoms with Gasteiger partial charge in [-0.1, -0.05) is 23.8 Å². The van der Waals surface area contributed by atoms with E-state index in [1.807, 2.05) is 56.3 Å². The summed E-state index contributed by atoms with van der Waals surface area (Å²) in [5.41, 5.74) is 4.30. The van der Waals surface area contributed by atoms with Crippen LogP contribution in [0, 0.1) is 6.92 Å². The van der Waals surface area contributed by atoms with Crippen molar-refractivity contribution in [3.8, 4) is 0 Å². The van der Waals surface area contributed by atoms with Crippen molar-refractivity contribution in [2.45, 2.75) is 20.3 Å². The first kappa shape index (κ1) is 16.1. The molecule has 2 aromatic carbocycles. The molecule has 1 aliphatic heterocycles. The van der Waals surface area contributed by atoms with Gasteiger partial charge in [-0.2, -0.15) is 0 Å². The summed E-state index contributed by atoms with van der Waals surface area (Å²) in [6.07, 6.45) is 0.684. The van der Waals surface area contributed by atoms with E-state index in [1.54, 1.807) is 4.90 Å². The molecule has 0 saturated carbocycles. The van der Waals surface area contributed by atoms with Crippen LogP contribution in [0.15, 0.2) is 42.5 Å². The van der Waals surface area contributed by atoms with E-state index in [-0.39, 0.29) is 11.9 Å². The lowest BCUT2D eigenvalue weighted by Crippen LogP contribution is -2.33. The van der Waals surface area contributed by atoms with E-state index in [0.717, 1.165) is 22.5 Å². The molecule has 0 saturated heterocycles. The molecule has 24 heavy (non-hydrogen) atoms. The highest BCUT2D eigenvalue weighted by atomic mass is 16.2. The summed E-state index contributed by atoms with van der Waals surface area (Å²) in [6.45, 7) is 5.05. The van der Waals surface area contributed by atoms with Crippen molar-refractivity contribution < 1.29 is 9.59 Å². The van der Waals surface area contributed by atoms with Gasteiger partial charge in [-0.05, 0) is 50.1 Å². The SMILES string of the molecule is CCNC(=O)c1cccc2c1CCN2C(=O)Nc1ccc(C)cc1. The molecule has 0 bridgehead atoms. The van der Waals surface area contributed by atoms with Crippen molar-refractivity contribution in [1.29, 1.82) is 0 Å². The second-order valence-corrected chi connectivity index (χ2v) is 5.86. The molecule has 3 amide bonds. The number of urea groups is 1. The zero-order chi connectivity index (χ0) is 17.1. The maximum atomic E-state index is 12.6. The number of carbonyl (C=O) groups excluding carboxylic acids is 2. The van der Waals surface area contributed by atoms with E-state index in [1.165, 1.54) is 0 Å². The van der Waals surface area contributed by atoms with Gasteiger partial charge in [0.2, 0.25) is 0 Å². The lowest BCUT2D eigenvalue weighted by Gasteiger charge is -2.18. The Bertz CT molecular complexity index is 769. The largest absolute Gasteiger partial charge is 0.352 e. The van der Waals surface area contributed by atoms with E-state index in [0.29, 0.717) is 25.1 Å². The Morgan fingerprint density at radius 1 is 1.12 bits per heavy atom. The van der Waals surface area contributed by atoms with E-state index in [2.05, 4.69) is 10.6 Å². The van der Waals surface area contributed by atoms with Crippen molar-refractivity contribution in [3.63, 3.8) is 0 Å². The highest BCUT2D eigenvalue weighted by Gasteiger charge is 2.28. The summed E-state index contributed by atoms with van der Waals surface area (Å²) in [4.78, 5) is 26.4. The van der Waals surface area contributed by atoms with E-state index < -0.39 is 0 Å². The van der Waals surface area contributed by atoms with Crippen LogP contribution in [-0.2, 0) is 6.42 Å². The Morgan fingerprint density at radius 3 is 2.58 bits per heavy atom. The molecule has 0 spiro atoms. The molecule has 1 heterocycles. The predicted molar refractivity (Wildman–Crippen MR) is 95.7 cm³/mol. The lowest BCUT2D eigenvalue weighted by molar-refractivity contribution is 0.0955. The zero-order valence-electron chi connectivity index (χ0n) is 13.9. The summed E-state index contributed by atoms with van der Waals surface area (Å²) >= 11 is 0. The Morgan fingerprint density at radius 2 is 1.88 bits per heavy atom. The van der Waals surface area contributed by atoms with E-state index >= 15 is 0 Å². The number of nitrogens with zero attached hydrogens (tertiary/aromatic N) is 1. The van der Waals surface area contributed by atoms with Crippen LogP contribution in [0.25, 0.3) is 0 Å². The quantitative estimate of drug-likeness (QED) is 0.910. The molecule has 3 rings (SSSR count). The summed E-state index contributed by atoms with van der Waals surface area (Å²) in [5.74, 6) is -0.0878. The molecule has 0 fully saturated rings. The lowest BCUT2D eigenvalue weighted by atomic mass is 10.0. The molecule has 0 atom stereocenters. The van der Waals surface area contributed by atoms with Gasteiger partial charge in [-0.25, -0.2) is 4.79 Å². The van der Waals surface area contributed by atoms with Crippen molar-refractivity contribution in [1.82, 2.24) is 5.32 Å².